The molecule has 0 unspecified atom stereocenters. The molecule has 1 fully saturated rings. The summed E-state index contributed by atoms with van der Waals surface area (Å²) < 4.78 is 11.2. The molecule has 0 saturated heterocycles. The van der Waals surface area contributed by atoms with Crippen molar-refractivity contribution in [1.29, 1.82) is 0 Å². The van der Waals surface area contributed by atoms with E-state index in [2.05, 4.69) is 15.6 Å². The van der Waals surface area contributed by atoms with Gasteiger partial charge in [0, 0.05) is 36.0 Å². The molecule has 1 saturated carbocycles. The molecule has 1 aliphatic heterocycles. The largest absolute Gasteiger partial charge is 0.490 e. The molecule has 2 N–H and O–H groups in total. The van der Waals surface area contributed by atoms with Crippen LogP contribution in [0.25, 0.3) is 0 Å². The van der Waals surface area contributed by atoms with Crippen LogP contribution >= 0.6 is 0 Å². The molecular weight excluding hydrogens is 306 g/mol. The van der Waals surface area contributed by atoms with Crippen molar-refractivity contribution in [2.45, 2.75) is 25.3 Å². The fraction of sp³-hybridized carbons (Fsp3) is 0.333. The van der Waals surface area contributed by atoms with Gasteiger partial charge in [0.15, 0.2) is 11.5 Å². The average Bonchev–Trinajstić information content (AvgIpc) is 3.41. The highest BCUT2D eigenvalue weighted by atomic mass is 16.5. The van der Waals surface area contributed by atoms with Crippen LogP contribution in [0.3, 0.4) is 0 Å². The SMILES string of the molecule is O=C(Nc1ccc2c(c1)OCCCO2)c1ccnc(NC2CC2)c1. The fourth-order valence-corrected chi connectivity index (χ4v) is 2.53. The van der Waals surface area contributed by atoms with Crippen LogP contribution in [-0.2, 0) is 0 Å². The molecule has 0 radical (unpaired) electrons. The van der Waals surface area contributed by atoms with Gasteiger partial charge in [-0.2, -0.15) is 0 Å². The number of nitrogens with zero attached hydrogens (tertiary/aromatic N) is 1. The summed E-state index contributed by atoms with van der Waals surface area (Å²) >= 11 is 0. The van der Waals surface area contributed by atoms with E-state index in [0.29, 0.717) is 42.0 Å². The van der Waals surface area contributed by atoms with E-state index in [1.54, 1.807) is 24.4 Å². The zero-order chi connectivity index (χ0) is 16.4. The molecule has 0 bridgehead atoms. The molecule has 1 amide bonds. The second-order valence-electron chi connectivity index (χ2n) is 6.01. The van der Waals surface area contributed by atoms with E-state index in [1.807, 2.05) is 12.1 Å². The molecule has 1 aromatic carbocycles. The van der Waals surface area contributed by atoms with Crippen LogP contribution in [0.4, 0.5) is 11.5 Å². The van der Waals surface area contributed by atoms with Crippen molar-refractivity contribution in [2.24, 2.45) is 0 Å². The molecular formula is C18H19N3O3. The number of pyridine rings is 1. The van der Waals surface area contributed by atoms with Crippen molar-refractivity contribution in [1.82, 2.24) is 4.98 Å². The lowest BCUT2D eigenvalue weighted by Crippen LogP contribution is -2.13. The lowest BCUT2D eigenvalue weighted by molar-refractivity contribution is 0.102. The third-order valence-electron chi connectivity index (χ3n) is 3.96. The van der Waals surface area contributed by atoms with Crippen molar-refractivity contribution < 1.29 is 14.3 Å². The van der Waals surface area contributed by atoms with E-state index in [0.717, 1.165) is 25.1 Å². The molecule has 1 aromatic heterocycles. The summed E-state index contributed by atoms with van der Waals surface area (Å²) in [5.74, 6) is 1.94. The third-order valence-corrected chi connectivity index (χ3v) is 3.96. The second kappa shape index (κ2) is 6.39. The Morgan fingerprint density at radius 3 is 2.75 bits per heavy atom. The van der Waals surface area contributed by atoms with Gasteiger partial charge in [-0.15, -0.1) is 0 Å². The van der Waals surface area contributed by atoms with Gasteiger partial charge in [-0.3, -0.25) is 4.79 Å². The van der Waals surface area contributed by atoms with E-state index >= 15 is 0 Å². The molecule has 2 aliphatic rings. The van der Waals surface area contributed by atoms with Crippen molar-refractivity contribution in [2.75, 3.05) is 23.8 Å². The standard InChI is InChI=1S/C18H19N3O3/c22-18(12-6-7-19-17(10-12)20-13-2-3-13)21-14-4-5-15-16(11-14)24-9-1-8-23-15/h4-7,10-11,13H,1-3,8-9H2,(H,19,20)(H,21,22). The zero-order valence-corrected chi connectivity index (χ0v) is 13.2. The van der Waals surface area contributed by atoms with Crippen molar-refractivity contribution in [3.8, 4) is 11.5 Å². The van der Waals surface area contributed by atoms with E-state index in [9.17, 15) is 4.79 Å². The molecule has 1 aliphatic carbocycles. The maximum atomic E-state index is 12.5. The topological polar surface area (TPSA) is 72.5 Å². The first-order valence-electron chi connectivity index (χ1n) is 8.21. The minimum Gasteiger partial charge on any atom is -0.490 e. The first-order chi connectivity index (χ1) is 11.8. The summed E-state index contributed by atoms with van der Waals surface area (Å²) in [4.78, 5) is 16.7. The number of carbonyl (C=O) groups is 1. The summed E-state index contributed by atoms with van der Waals surface area (Å²) in [5, 5.41) is 6.19. The highest BCUT2D eigenvalue weighted by Gasteiger charge is 2.21. The minimum atomic E-state index is -0.175. The van der Waals surface area contributed by atoms with Crippen molar-refractivity contribution >= 4 is 17.4 Å². The number of hydrogen-bond acceptors (Lipinski definition) is 5. The molecule has 2 aromatic rings. The summed E-state index contributed by atoms with van der Waals surface area (Å²) in [6.07, 6.45) is 4.82. The minimum absolute atomic E-state index is 0.175. The third kappa shape index (κ3) is 3.42. The van der Waals surface area contributed by atoms with Crippen LogP contribution in [0.5, 0.6) is 11.5 Å². The maximum Gasteiger partial charge on any atom is 0.255 e. The predicted octanol–water partition coefficient (Wildman–Crippen LogP) is 3.07. The Kier molecular flexibility index (Phi) is 3.94. The van der Waals surface area contributed by atoms with Crippen LogP contribution in [-0.4, -0.2) is 30.1 Å². The van der Waals surface area contributed by atoms with Gasteiger partial charge in [-0.05, 0) is 37.1 Å². The Morgan fingerprint density at radius 1 is 1.08 bits per heavy atom. The Bertz CT molecular complexity index is 759. The van der Waals surface area contributed by atoms with Crippen LogP contribution in [0.1, 0.15) is 29.6 Å². The predicted molar refractivity (Wildman–Crippen MR) is 90.9 cm³/mol. The Balaban J connectivity index is 1.48. The van der Waals surface area contributed by atoms with E-state index < -0.39 is 0 Å². The monoisotopic (exact) mass is 325 g/mol. The van der Waals surface area contributed by atoms with Crippen LogP contribution in [0, 0.1) is 0 Å². The summed E-state index contributed by atoms with van der Waals surface area (Å²) in [6.45, 7) is 1.26. The lowest BCUT2D eigenvalue weighted by atomic mass is 10.2. The number of ether oxygens (including phenoxy) is 2. The lowest BCUT2D eigenvalue weighted by Gasteiger charge is -2.11. The van der Waals surface area contributed by atoms with Gasteiger partial charge >= 0.3 is 0 Å². The highest BCUT2D eigenvalue weighted by molar-refractivity contribution is 6.04. The smallest absolute Gasteiger partial charge is 0.255 e. The number of nitrogens with one attached hydrogen (secondary N) is 2. The molecule has 0 spiro atoms. The first kappa shape index (κ1) is 14.8. The van der Waals surface area contributed by atoms with Crippen LogP contribution in [0.15, 0.2) is 36.5 Å². The van der Waals surface area contributed by atoms with Gasteiger partial charge in [0.1, 0.15) is 5.82 Å². The quantitative estimate of drug-likeness (QED) is 0.904. The Labute approximate surface area is 140 Å². The number of anilines is 2. The van der Waals surface area contributed by atoms with Gasteiger partial charge in [0.2, 0.25) is 0 Å². The number of rotatable bonds is 4. The highest BCUT2D eigenvalue weighted by Crippen LogP contribution is 2.32. The molecule has 24 heavy (non-hydrogen) atoms. The number of fused-ring (bicyclic) bond motifs is 1. The molecule has 6 heteroatoms. The van der Waals surface area contributed by atoms with E-state index in [-0.39, 0.29) is 5.91 Å². The number of carbonyl (C=O) groups excluding carboxylic acids is 1. The van der Waals surface area contributed by atoms with Crippen molar-refractivity contribution in [3.05, 3.63) is 42.1 Å². The van der Waals surface area contributed by atoms with Crippen LogP contribution < -0.4 is 20.1 Å². The van der Waals surface area contributed by atoms with Crippen molar-refractivity contribution in [3.63, 3.8) is 0 Å². The summed E-state index contributed by atoms with van der Waals surface area (Å²) in [5.41, 5.74) is 1.25. The Hall–Kier alpha value is -2.76. The van der Waals surface area contributed by atoms with E-state index in [1.165, 1.54) is 0 Å². The van der Waals surface area contributed by atoms with Gasteiger partial charge in [0.25, 0.3) is 5.91 Å². The van der Waals surface area contributed by atoms with Gasteiger partial charge < -0.3 is 20.1 Å². The maximum absolute atomic E-state index is 12.5. The van der Waals surface area contributed by atoms with Gasteiger partial charge in [0.05, 0.1) is 13.2 Å². The molecule has 124 valence electrons. The number of benzene rings is 1. The zero-order valence-electron chi connectivity index (χ0n) is 13.2. The fourth-order valence-electron chi connectivity index (χ4n) is 2.53. The second-order valence-corrected chi connectivity index (χ2v) is 6.01. The molecule has 6 nitrogen and oxygen atoms in total. The molecule has 2 heterocycles. The normalized spacial score (nSPS) is 16.2. The number of amides is 1. The number of hydrogen-bond donors (Lipinski definition) is 2. The number of aromatic nitrogens is 1. The summed E-state index contributed by atoms with van der Waals surface area (Å²) in [6, 6.07) is 9.41. The Morgan fingerprint density at radius 2 is 1.92 bits per heavy atom. The summed E-state index contributed by atoms with van der Waals surface area (Å²) in [7, 11) is 0. The van der Waals surface area contributed by atoms with Gasteiger partial charge in [-0.25, -0.2) is 4.98 Å². The average molecular weight is 325 g/mol. The van der Waals surface area contributed by atoms with Gasteiger partial charge in [-0.1, -0.05) is 0 Å². The molecule has 0 atom stereocenters. The first-order valence-corrected chi connectivity index (χ1v) is 8.21. The van der Waals surface area contributed by atoms with Crippen LogP contribution in [0.2, 0.25) is 0 Å². The van der Waals surface area contributed by atoms with E-state index in [4.69, 9.17) is 9.47 Å². The molecule has 4 rings (SSSR count).